The molecular weight excluding hydrogens is 356 g/mol. The molecule has 1 atom stereocenters. The number of nitro benzene ring substituents is 1. The first kappa shape index (κ1) is 18.1. The van der Waals surface area contributed by atoms with E-state index in [2.05, 4.69) is 10.1 Å². The first-order valence-corrected chi connectivity index (χ1v) is 9.22. The van der Waals surface area contributed by atoms with Gasteiger partial charge in [-0.05, 0) is 25.0 Å². The number of aromatic nitrogens is 2. The highest BCUT2D eigenvalue weighted by Crippen LogP contribution is 2.26. The lowest BCUT2D eigenvalue weighted by atomic mass is 10.1. The molecule has 0 radical (unpaired) electrons. The lowest BCUT2D eigenvalue weighted by Crippen LogP contribution is -2.08. The Kier molecular flexibility index (Phi) is 5.25. The number of benzene rings is 2. The van der Waals surface area contributed by atoms with E-state index in [9.17, 15) is 10.1 Å². The molecule has 7 heteroatoms. The van der Waals surface area contributed by atoms with E-state index >= 15 is 0 Å². The standard InChI is InChI=1S/C21H20N4O3/c26-25(27)19-9-4-6-16(12-19)21-17(13-22-14-20-10-5-11-28-20)15-24(23-21)18-7-2-1-3-8-18/h1-4,6-9,12-13,15,20H,5,10-11,14H2/t20-/m1/s1. The maximum absolute atomic E-state index is 11.2. The van der Waals surface area contributed by atoms with E-state index < -0.39 is 4.92 Å². The summed E-state index contributed by atoms with van der Waals surface area (Å²) in [6.45, 7) is 1.40. The summed E-state index contributed by atoms with van der Waals surface area (Å²) >= 11 is 0. The molecule has 4 rings (SSSR count). The highest BCUT2D eigenvalue weighted by atomic mass is 16.6. The average molecular weight is 376 g/mol. The Morgan fingerprint density at radius 3 is 2.86 bits per heavy atom. The van der Waals surface area contributed by atoms with Gasteiger partial charge in [0.25, 0.3) is 5.69 Å². The zero-order chi connectivity index (χ0) is 19.3. The molecule has 0 unspecified atom stereocenters. The Labute approximate surface area is 162 Å². The Balaban J connectivity index is 1.70. The smallest absolute Gasteiger partial charge is 0.270 e. The Morgan fingerprint density at radius 2 is 2.11 bits per heavy atom. The van der Waals surface area contributed by atoms with E-state index in [1.807, 2.05) is 42.6 Å². The quantitative estimate of drug-likeness (QED) is 0.369. The van der Waals surface area contributed by atoms with Gasteiger partial charge in [0.15, 0.2) is 0 Å². The number of ether oxygens (including phenoxy) is 1. The topological polar surface area (TPSA) is 82.5 Å². The van der Waals surface area contributed by atoms with Crippen molar-refractivity contribution in [2.75, 3.05) is 13.2 Å². The Hall–Kier alpha value is -3.32. The Morgan fingerprint density at radius 1 is 1.25 bits per heavy atom. The zero-order valence-corrected chi connectivity index (χ0v) is 15.3. The Bertz CT molecular complexity index is 992. The van der Waals surface area contributed by atoms with Gasteiger partial charge in [0.05, 0.1) is 23.3 Å². The van der Waals surface area contributed by atoms with Crippen molar-refractivity contribution in [3.63, 3.8) is 0 Å². The van der Waals surface area contributed by atoms with Crippen molar-refractivity contribution in [3.8, 4) is 16.9 Å². The predicted molar refractivity (Wildman–Crippen MR) is 107 cm³/mol. The van der Waals surface area contributed by atoms with Crippen LogP contribution in [0.1, 0.15) is 18.4 Å². The normalized spacial score (nSPS) is 16.6. The number of hydrogen-bond acceptors (Lipinski definition) is 5. The molecule has 1 saturated heterocycles. The lowest BCUT2D eigenvalue weighted by Gasteiger charge is -2.04. The molecule has 0 amide bonds. The van der Waals surface area contributed by atoms with Crippen LogP contribution < -0.4 is 0 Å². The predicted octanol–water partition coefficient (Wildman–Crippen LogP) is 4.05. The van der Waals surface area contributed by atoms with Gasteiger partial charge in [-0.3, -0.25) is 15.1 Å². The van der Waals surface area contributed by atoms with Crippen molar-refractivity contribution in [3.05, 3.63) is 76.5 Å². The lowest BCUT2D eigenvalue weighted by molar-refractivity contribution is -0.384. The van der Waals surface area contributed by atoms with Crippen molar-refractivity contribution in [2.24, 2.45) is 4.99 Å². The second-order valence-corrected chi connectivity index (χ2v) is 6.65. The summed E-state index contributed by atoms with van der Waals surface area (Å²) in [6, 6.07) is 16.2. The van der Waals surface area contributed by atoms with Gasteiger partial charge < -0.3 is 4.74 Å². The zero-order valence-electron chi connectivity index (χ0n) is 15.3. The van der Waals surface area contributed by atoms with E-state index in [4.69, 9.17) is 4.74 Å². The molecule has 1 aliphatic rings. The monoisotopic (exact) mass is 376 g/mol. The fraction of sp³-hybridized carbons (Fsp3) is 0.238. The largest absolute Gasteiger partial charge is 0.376 e. The molecule has 28 heavy (non-hydrogen) atoms. The molecule has 1 fully saturated rings. The van der Waals surface area contributed by atoms with Gasteiger partial charge in [0.2, 0.25) is 0 Å². The molecule has 2 heterocycles. The van der Waals surface area contributed by atoms with Crippen LogP contribution in [-0.2, 0) is 4.74 Å². The van der Waals surface area contributed by atoms with Crippen molar-refractivity contribution in [1.29, 1.82) is 0 Å². The number of non-ortho nitro benzene ring substituents is 1. The molecule has 7 nitrogen and oxygen atoms in total. The molecule has 2 aromatic carbocycles. The summed E-state index contributed by atoms with van der Waals surface area (Å²) in [5, 5.41) is 15.8. The first-order valence-electron chi connectivity index (χ1n) is 9.22. The summed E-state index contributed by atoms with van der Waals surface area (Å²) in [5.41, 5.74) is 3.09. The molecular formula is C21H20N4O3. The van der Waals surface area contributed by atoms with Crippen LogP contribution in [0.15, 0.2) is 65.8 Å². The van der Waals surface area contributed by atoms with Gasteiger partial charge in [0, 0.05) is 42.3 Å². The minimum atomic E-state index is -0.400. The fourth-order valence-electron chi connectivity index (χ4n) is 3.24. The molecule has 3 aromatic rings. The van der Waals surface area contributed by atoms with Crippen LogP contribution in [-0.4, -0.2) is 40.2 Å². The summed E-state index contributed by atoms with van der Waals surface area (Å²) in [5.74, 6) is 0. The average Bonchev–Trinajstić information content (AvgIpc) is 3.39. The number of hydrogen-bond donors (Lipinski definition) is 0. The third-order valence-electron chi connectivity index (χ3n) is 4.66. The van der Waals surface area contributed by atoms with E-state index in [1.54, 1.807) is 17.0 Å². The van der Waals surface area contributed by atoms with Gasteiger partial charge in [0.1, 0.15) is 5.69 Å². The number of nitro groups is 1. The third kappa shape index (κ3) is 3.99. The third-order valence-corrected chi connectivity index (χ3v) is 4.66. The van der Waals surface area contributed by atoms with E-state index in [0.29, 0.717) is 17.8 Å². The van der Waals surface area contributed by atoms with Crippen molar-refractivity contribution < 1.29 is 9.66 Å². The highest BCUT2D eigenvalue weighted by molar-refractivity contribution is 5.89. The van der Waals surface area contributed by atoms with Crippen LogP contribution in [0, 0.1) is 10.1 Å². The number of aliphatic imine (C=N–C) groups is 1. The number of para-hydroxylation sites is 1. The number of rotatable bonds is 6. The summed E-state index contributed by atoms with van der Waals surface area (Å²) < 4.78 is 7.38. The highest BCUT2D eigenvalue weighted by Gasteiger charge is 2.16. The number of nitrogens with zero attached hydrogens (tertiary/aromatic N) is 4. The summed E-state index contributed by atoms with van der Waals surface area (Å²) in [4.78, 5) is 15.3. The van der Waals surface area contributed by atoms with Crippen LogP contribution in [0.4, 0.5) is 5.69 Å². The molecule has 0 spiro atoms. The molecule has 0 bridgehead atoms. The van der Waals surface area contributed by atoms with Crippen LogP contribution in [0.2, 0.25) is 0 Å². The van der Waals surface area contributed by atoms with Crippen LogP contribution in [0.25, 0.3) is 16.9 Å². The fourth-order valence-corrected chi connectivity index (χ4v) is 3.24. The second-order valence-electron chi connectivity index (χ2n) is 6.65. The maximum atomic E-state index is 11.2. The van der Waals surface area contributed by atoms with Crippen molar-refractivity contribution >= 4 is 11.9 Å². The minimum Gasteiger partial charge on any atom is -0.376 e. The summed E-state index contributed by atoms with van der Waals surface area (Å²) in [7, 11) is 0. The molecule has 0 aliphatic carbocycles. The van der Waals surface area contributed by atoms with Gasteiger partial charge >= 0.3 is 0 Å². The van der Waals surface area contributed by atoms with E-state index in [-0.39, 0.29) is 11.8 Å². The molecule has 1 aromatic heterocycles. The molecule has 142 valence electrons. The molecule has 0 N–H and O–H groups in total. The van der Waals surface area contributed by atoms with Crippen molar-refractivity contribution in [1.82, 2.24) is 9.78 Å². The van der Waals surface area contributed by atoms with Crippen LogP contribution in [0.3, 0.4) is 0 Å². The van der Waals surface area contributed by atoms with Gasteiger partial charge in [-0.15, -0.1) is 0 Å². The summed E-state index contributed by atoms with van der Waals surface area (Å²) in [6.07, 6.45) is 5.94. The van der Waals surface area contributed by atoms with E-state index in [1.165, 1.54) is 12.1 Å². The van der Waals surface area contributed by atoms with Crippen LogP contribution >= 0.6 is 0 Å². The molecule has 1 aliphatic heterocycles. The van der Waals surface area contributed by atoms with Crippen LogP contribution in [0.5, 0.6) is 0 Å². The second kappa shape index (κ2) is 8.14. The maximum Gasteiger partial charge on any atom is 0.270 e. The van der Waals surface area contributed by atoms with Gasteiger partial charge in [-0.25, -0.2) is 4.68 Å². The first-order chi connectivity index (χ1) is 13.7. The SMILES string of the molecule is O=[N+]([O-])c1cccc(-c2nn(-c3ccccc3)cc2C=NC[C@H]2CCCO2)c1. The van der Waals surface area contributed by atoms with Gasteiger partial charge in [-0.1, -0.05) is 30.3 Å². The molecule has 0 saturated carbocycles. The van der Waals surface area contributed by atoms with E-state index in [0.717, 1.165) is 30.7 Å². The van der Waals surface area contributed by atoms with Gasteiger partial charge in [-0.2, -0.15) is 5.10 Å². The minimum absolute atomic E-state index is 0.0361. The van der Waals surface area contributed by atoms with Crippen molar-refractivity contribution in [2.45, 2.75) is 18.9 Å².